The topological polar surface area (TPSA) is 23.6 Å². The smallest absolute Gasteiger partial charge is 0.152 e. The quantitative estimate of drug-likeness (QED) is 0.767. The number of carbonyl (C=O) groups excluding carboxylic acids is 1. The SMILES string of the molecule is CN1CCN(c2ccccc2C=O)c2ccccc21. The van der Waals surface area contributed by atoms with E-state index in [1.54, 1.807) is 0 Å². The largest absolute Gasteiger partial charge is 0.371 e. The van der Waals surface area contributed by atoms with Crippen molar-refractivity contribution in [3.8, 4) is 0 Å². The number of hydrogen-bond donors (Lipinski definition) is 0. The summed E-state index contributed by atoms with van der Waals surface area (Å²) in [4.78, 5) is 15.7. The summed E-state index contributed by atoms with van der Waals surface area (Å²) in [5.74, 6) is 0. The van der Waals surface area contributed by atoms with E-state index in [-0.39, 0.29) is 0 Å². The van der Waals surface area contributed by atoms with Gasteiger partial charge in [0.15, 0.2) is 6.29 Å². The normalized spacial score (nSPS) is 14.2. The second-order valence-electron chi connectivity index (χ2n) is 4.74. The first-order valence-electron chi connectivity index (χ1n) is 6.43. The summed E-state index contributed by atoms with van der Waals surface area (Å²) in [5.41, 5.74) is 4.08. The Labute approximate surface area is 113 Å². The number of aldehydes is 1. The van der Waals surface area contributed by atoms with E-state index in [1.807, 2.05) is 36.4 Å². The Kier molecular flexibility index (Phi) is 2.95. The van der Waals surface area contributed by atoms with Gasteiger partial charge in [0, 0.05) is 25.7 Å². The van der Waals surface area contributed by atoms with Gasteiger partial charge in [-0.15, -0.1) is 0 Å². The fourth-order valence-corrected chi connectivity index (χ4v) is 2.59. The van der Waals surface area contributed by atoms with Crippen LogP contribution in [0.1, 0.15) is 10.4 Å². The molecule has 0 saturated heterocycles. The Morgan fingerprint density at radius 1 is 0.895 bits per heavy atom. The molecule has 0 atom stereocenters. The number of hydrogen-bond acceptors (Lipinski definition) is 3. The summed E-state index contributed by atoms with van der Waals surface area (Å²) in [5, 5.41) is 0. The minimum atomic E-state index is 0.738. The first-order chi connectivity index (χ1) is 9.31. The highest BCUT2D eigenvalue weighted by atomic mass is 16.1. The monoisotopic (exact) mass is 252 g/mol. The van der Waals surface area contributed by atoms with Gasteiger partial charge in [-0.05, 0) is 24.3 Å². The molecule has 0 fully saturated rings. The molecule has 0 unspecified atom stereocenters. The van der Waals surface area contributed by atoms with Gasteiger partial charge < -0.3 is 9.80 Å². The lowest BCUT2D eigenvalue weighted by atomic mass is 10.1. The summed E-state index contributed by atoms with van der Waals surface area (Å²) >= 11 is 0. The molecule has 0 saturated carbocycles. The molecule has 2 aromatic carbocycles. The van der Waals surface area contributed by atoms with Crippen LogP contribution < -0.4 is 9.80 Å². The van der Waals surface area contributed by atoms with Gasteiger partial charge in [0.1, 0.15) is 0 Å². The van der Waals surface area contributed by atoms with E-state index < -0.39 is 0 Å². The van der Waals surface area contributed by atoms with Gasteiger partial charge in [-0.3, -0.25) is 4.79 Å². The molecule has 0 N–H and O–H groups in total. The molecule has 0 aromatic heterocycles. The molecular weight excluding hydrogens is 236 g/mol. The minimum Gasteiger partial charge on any atom is -0.371 e. The maximum atomic E-state index is 11.2. The molecule has 2 aromatic rings. The van der Waals surface area contributed by atoms with Gasteiger partial charge in [-0.1, -0.05) is 24.3 Å². The van der Waals surface area contributed by atoms with Crippen LogP contribution in [0.25, 0.3) is 0 Å². The fraction of sp³-hybridized carbons (Fsp3) is 0.188. The van der Waals surface area contributed by atoms with Crippen LogP contribution in [0.15, 0.2) is 48.5 Å². The molecule has 0 bridgehead atoms. The number of carbonyl (C=O) groups is 1. The Morgan fingerprint density at radius 3 is 2.26 bits per heavy atom. The lowest BCUT2D eigenvalue weighted by molar-refractivity contribution is 0.112. The molecule has 1 aliphatic heterocycles. The van der Waals surface area contributed by atoms with E-state index in [9.17, 15) is 4.79 Å². The highest BCUT2D eigenvalue weighted by Gasteiger charge is 2.22. The molecule has 3 heteroatoms. The minimum absolute atomic E-state index is 0.738. The zero-order valence-electron chi connectivity index (χ0n) is 10.9. The first-order valence-corrected chi connectivity index (χ1v) is 6.43. The lowest BCUT2D eigenvalue weighted by Gasteiger charge is -2.37. The molecular formula is C16H16N2O. The van der Waals surface area contributed by atoms with E-state index in [4.69, 9.17) is 0 Å². The molecule has 19 heavy (non-hydrogen) atoms. The number of benzene rings is 2. The third-order valence-corrected chi connectivity index (χ3v) is 3.60. The summed E-state index contributed by atoms with van der Waals surface area (Å²) in [6, 6.07) is 16.0. The van der Waals surface area contributed by atoms with Crippen molar-refractivity contribution in [3.05, 3.63) is 54.1 Å². The average molecular weight is 252 g/mol. The number of fused-ring (bicyclic) bond motifs is 1. The number of rotatable bonds is 2. The number of likely N-dealkylation sites (N-methyl/N-ethyl adjacent to an activating group) is 1. The summed E-state index contributed by atoms with van der Waals surface area (Å²) in [6.07, 6.45) is 0.927. The van der Waals surface area contributed by atoms with Gasteiger partial charge >= 0.3 is 0 Å². The van der Waals surface area contributed by atoms with Crippen LogP contribution in [0.5, 0.6) is 0 Å². The number of para-hydroxylation sites is 3. The zero-order valence-corrected chi connectivity index (χ0v) is 10.9. The summed E-state index contributed by atoms with van der Waals surface area (Å²) in [7, 11) is 2.10. The van der Waals surface area contributed by atoms with E-state index >= 15 is 0 Å². The molecule has 3 rings (SSSR count). The Balaban J connectivity index is 2.12. The maximum Gasteiger partial charge on any atom is 0.152 e. The van der Waals surface area contributed by atoms with Gasteiger partial charge in [-0.25, -0.2) is 0 Å². The van der Waals surface area contributed by atoms with Crippen molar-refractivity contribution < 1.29 is 4.79 Å². The highest BCUT2D eigenvalue weighted by Crippen LogP contribution is 2.37. The number of anilines is 3. The van der Waals surface area contributed by atoms with Gasteiger partial charge in [0.25, 0.3) is 0 Å². The second-order valence-corrected chi connectivity index (χ2v) is 4.74. The molecule has 0 radical (unpaired) electrons. The van der Waals surface area contributed by atoms with Crippen LogP contribution in [0.2, 0.25) is 0 Å². The van der Waals surface area contributed by atoms with Crippen molar-refractivity contribution in [2.45, 2.75) is 0 Å². The van der Waals surface area contributed by atoms with E-state index in [0.29, 0.717) is 0 Å². The molecule has 0 amide bonds. The third-order valence-electron chi connectivity index (χ3n) is 3.60. The van der Waals surface area contributed by atoms with Crippen LogP contribution in [0, 0.1) is 0 Å². The Hall–Kier alpha value is -2.29. The first kappa shape index (κ1) is 11.8. The third kappa shape index (κ3) is 1.97. The average Bonchev–Trinajstić information content (AvgIpc) is 2.48. The molecule has 96 valence electrons. The second kappa shape index (κ2) is 4.76. The van der Waals surface area contributed by atoms with E-state index in [0.717, 1.165) is 36.3 Å². The van der Waals surface area contributed by atoms with Crippen molar-refractivity contribution >= 4 is 23.3 Å². The molecule has 3 nitrogen and oxygen atoms in total. The van der Waals surface area contributed by atoms with Gasteiger partial charge in [-0.2, -0.15) is 0 Å². The van der Waals surface area contributed by atoms with Crippen molar-refractivity contribution in [1.29, 1.82) is 0 Å². The van der Waals surface area contributed by atoms with Crippen LogP contribution in [-0.4, -0.2) is 26.4 Å². The Bertz CT molecular complexity index is 609. The van der Waals surface area contributed by atoms with Crippen LogP contribution in [0.3, 0.4) is 0 Å². The van der Waals surface area contributed by atoms with E-state index in [1.165, 1.54) is 5.69 Å². The highest BCUT2D eigenvalue weighted by molar-refractivity contribution is 5.89. The molecule has 0 spiro atoms. The number of nitrogens with zero attached hydrogens (tertiary/aromatic N) is 2. The van der Waals surface area contributed by atoms with Crippen LogP contribution >= 0.6 is 0 Å². The zero-order chi connectivity index (χ0) is 13.2. The van der Waals surface area contributed by atoms with Crippen molar-refractivity contribution in [2.24, 2.45) is 0 Å². The maximum absolute atomic E-state index is 11.2. The molecule has 1 heterocycles. The van der Waals surface area contributed by atoms with Crippen molar-refractivity contribution in [2.75, 3.05) is 29.9 Å². The summed E-state index contributed by atoms with van der Waals surface area (Å²) < 4.78 is 0. The predicted octanol–water partition coefficient (Wildman–Crippen LogP) is 3.09. The van der Waals surface area contributed by atoms with Gasteiger partial charge in [0.05, 0.1) is 17.1 Å². The molecule has 0 aliphatic carbocycles. The Morgan fingerprint density at radius 2 is 1.53 bits per heavy atom. The van der Waals surface area contributed by atoms with E-state index in [2.05, 4.69) is 29.0 Å². The van der Waals surface area contributed by atoms with Crippen LogP contribution in [-0.2, 0) is 0 Å². The predicted molar refractivity (Wildman–Crippen MR) is 78.5 cm³/mol. The lowest BCUT2D eigenvalue weighted by Crippen LogP contribution is -2.36. The molecule has 1 aliphatic rings. The van der Waals surface area contributed by atoms with Crippen molar-refractivity contribution in [1.82, 2.24) is 0 Å². The van der Waals surface area contributed by atoms with Crippen molar-refractivity contribution in [3.63, 3.8) is 0 Å². The van der Waals surface area contributed by atoms with Gasteiger partial charge in [0.2, 0.25) is 0 Å². The summed E-state index contributed by atoms with van der Waals surface area (Å²) in [6.45, 7) is 1.84. The van der Waals surface area contributed by atoms with Crippen LogP contribution in [0.4, 0.5) is 17.1 Å². The standard InChI is InChI=1S/C16H16N2O/c1-17-10-11-18(16-9-5-4-8-15(16)17)14-7-3-2-6-13(14)12-19/h2-9,12H,10-11H2,1H3. The fourth-order valence-electron chi connectivity index (χ4n) is 2.59.